The lowest BCUT2D eigenvalue weighted by Gasteiger charge is -2.16. The molecule has 3 N–H and O–H groups in total. The highest BCUT2D eigenvalue weighted by molar-refractivity contribution is 5.74. The number of nitrogens with zero attached hydrogens (tertiary/aromatic N) is 2. The Morgan fingerprint density at radius 3 is 2.90 bits per heavy atom. The number of hydrogen-bond acceptors (Lipinski definition) is 3. The zero-order chi connectivity index (χ0) is 14.5. The summed E-state index contributed by atoms with van der Waals surface area (Å²) >= 11 is 0. The van der Waals surface area contributed by atoms with Crippen molar-refractivity contribution in [3.63, 3.8) is 0 Å². The van der Waals surface area contributed by atoms with Gasteiger partial charge in [0.25, 0.3) is 0 Å². The summed E-state index contributed by atoms with van der Waals surface area (Å²) in [5, 5.41) is 18.6. The van der Waals surface area contributed by atoms with Crippen molar-refractivity contribution in [3.8, 4) is 0 Å². The van der Waals surface area contributed by atoms with E-state index in [9.17, 15) is 9.59 Å². The predicted molar refractivity (Wildman–Crippen MR) is 71.9 cm³/mol. The van der Waals surface area contributed by atoms with Gasteiger partial charge in [0.15, 0.2) is 0 Å². The van der Waals surface area contributed by atoms with E-state index in [0.717, 1.165) is 18.5 Å². The lowest BCUT2D eigenvalue weighted by atomic mass is 9.96. The number of urea groups is 1. The average Bonchev–Trinajstić information content (AvgIpc) is 3.02. The number of nitrogens with one attached hydrogen (secondary N) is 2. The molecule has 1 saturated carbocycles. The van der Waals surface area contributed by atoms with Crippen molar-refractivity contribution in [2.45, 2.75) is 25.8 Å². The summed E-state index contributed by atoms with van der Waals surface area (Å²) in [5.41, 5.74) is 0.907. The van der Waals surface area contributed by atoms with Crippen molar-refractivity contribution in [3.05, 3.63) is 18.0 Å². The number of carbonyl (C=O) groups is 2. The van der Waals surface area contributed by atoms with Crippen molar-refractivity contribution < 1.29 is 14.7 Å². The third kappa shape index (κ3) is 3.49. The average molecular weight is 280 g/mol. The molecule has 1 aliphatic rings. The number of carboxylic acids is 1. The van der Waals surface area contributed by atoms with Gasteiger partial charge in [-0.1, -0.05) is 6.42 Å². The smallest absolute Gasteiger partial charge is 0.315 e. The third-order valence-corrected chi connectivity index (χ3v) is 3.85. The van der Waals surface area contributed by atoms with Gasteiger partial charge in [0.2, 0.25) is 0 Å². The Morgan fingerprint density at radius 2 is 2.25 bits per heavy atom. The van der Waals surface area contributed by atoms with Gasteiger partial charge in [0, 0.05) is 19.8 Å². The SMILES string of the molecule is Cn1nccc1CNC(=O)NCC1CCCC1C(=O)O. The number of aromatic nitrogens is 2. The van der Waals surface area contributed by atoms with Crippen molar-refractivity contribution in [2.75, 3.05) is 6.54 Å². The zero-order valence-electron chi connectivity index (χ0n) is 11.5. The summed E-state index contributed by atoms with van der Waals surface area (Å²) in [4.78, 5) is 22.7. The van der Waals surface area contributed by atoms with Gasteiger partial charge >= 0.3 is 12.0 Å². The Hall–Kier alpha value is -2.05. The highest BCUT2D eigenvalue weighted by atomic mass is 16.4. The minimum atomic E-state index is -0.760. The number of hydrogen-bond donors (Lipinski definition) is 3. The van der Waals surface area contributed by atoms with Crippen molar-refractivity contribution in [2.24, 2.45) is 18.9 Å². The van der Waals surface area contributed by atoms with Gasteiger partial charge in [-0.15, -0.1) is 0 Å². The largest absolute Gasteiger partial charge is 0.481 e. The molecular weight excluding hydrogens is 260 g/mol. The second-order valence-corrected chi connectivity index (χ2v) is 5.15. The lowest BCUT2D eigenvalue weighted by molar-refractivity contribution is -0.142. The Balaban J connectivity index is 1.72. The summed E-state index contributed by atoms with van der Waals surface area (Å²) in [6.45, 7) is 0.809. The van der Waals surface area contributed by atoms with Gasteiger partial charge in [-0.2, -0.15) is 5.10 Å². The topological polar surface area (TPSA) is 96.3 Å². The fourth-order valence-corrected chi connectivity index (χ4v) is 2.64. The van der Waals surface area contributed by atoms with Crippen LogP contribution in [0, 0.1) is 11.8 Å². The third-order valence-electron chi connectivity index (χ3n) is 3.85. The molecule has 1 aromatic rings. The van der Waals surface area contributed by atoms with Gasteiger partial charge in [-0.05, 0) is 24.8 Å². The molecule has 1 fully saturated rings. The van der Waals surface area contributed by atoms with E-state index in [0.29, 0.717) is 19.5 Å². The minimum Gasteiger partial charge on any atom is -0.481 e. The van der Waals surface area contributed by atoms with Crippen molar-refractivity contribution >= 4 is 12.0 Å². The molecule has 20 heavy (non-hydrogen) atoms. The van der Waals surface area contributed by atoms with Crippen LogP contribution in [-0.2, 0) is 18.4 Å². The predicted octanol–water partition coefficient (Wildman–Crippen LogP) is 0.720. The number of rotatable bonds is 5. The molecule has 0 aliphatic heterocycles. The van der Waals surface area contributed by atoms with Gasteiger partial charge in [-0.25, -0.2) is 4.79 Å². The maximum absolute atomic E-state index is 11.7. The fraction of sp³-hybridized carbons (Fsp3) is 0.615. The van der Waals surface area contributed by atoms with Crippen LogP contribution in [0.3, 0.4) is 0 Å². The molecule has 1 heterocycles. The minimum absolute atomic E-state index is 0.0370. The van der Waals surface area contributed by atoms with E-state index in [4.69, 9.17) is 5.11 Å². The maximum Gasteiger partial charge on any atom is 0.315 e. The summed E-state index contributed by atoms with van der Waals surface area (Å²) in [7, 11) is 1.81. The normalized spacial score (nSPS) is 21.6. The molecule has 1 aromatic heterocycles. The Morgan fingerprint density at radius 1 is 1.45 bits per heavy atom. The van der Waals surface area contributed by atoms with Crippen LogP contribution in [0.5, 0.6) is 0 Å². The van der Waals surface area contributed by atoms with E-state index in [-0.39, 0.29) is 17.9 Å². The summed E-state index contributed by atoms with van der Waals surface area (Å²) in [6, 6.07) is 1.56. The Kier molecular flexibility index (Phi) is 4.60. The van der Waals surface area contributed by atoms with Crippen LogP contribution in [0.2, 0.25) is 0 Å². The molecule has 0 spiro atoms. The number of carbonyl (C=O) groups excluding carboxylic acids is 1. The summed E-state index contributed by atoms with van der Waals surface area (Å²) in [5.74, 6) is -1.05. The molecule has 7 heteroatoms. The molecule has 2 amide bonds. The van der Waals surface area contributed by atoms with Crippen LogP contribution in [0.15, 0.2) is 12.3 Å². The van der Waals surface area contributed by atoms with Crippen molar-refractivity contribution in [1.82, 2.24) is 20.4 Å². The Bertz CT molecular complexity index is 486. The van der Waals surface area contributed by atoms with E-state index in [1.807, 2.05) is 13.1 Å². The van der Waals surface area contributed by atoms with Gasteiger partial charge in [0.05, 0.1) is 18.2 Å². The van der Waals surface area contributed by atoms with Crippen LogP contribution in [-0.4, -0.2) is 33.4 Å². The quantitative estimate of drug-likeness (QED) is 0.740. The molecule has 2 unspecified atom stereocenters. The molecule has 0 aromatic carbocycles. The van der Waals surface area contributed by atoms with Crippen LogP contribution in [0.4, 0.5) is 4.79 Å². The molecule has 1 aliphatic carbocycles. The van der Waals surface area contributed by atoms with Crippen molar-refractivity contribution in [1.29, 1.82) is 0 Å². The van der Waals surface area contributed by atoms with E-state index in [2.05, 4.69) is 15.7 Å². The molecule has 0 saturated heterocycles. The number of aliphatic carboxylic acids is 1. The summed E-state index contributed by atoms with van der Waals surface area (Å²) < 4.78 is 1.69. The zero-order valence-corrected chi connectivity index (χ0v) is 11.5. The highest BCUT2D eigenvalue weighted by Crippen LogP contribution is 2.31. The molecule has 7 nitrogen and oxygen atoms in total. The molecule has 2 atom stereocenters. The number of amides is 2. The fourth-order valence-electron chi connectivity index (χ4n) is 2.64. The first-order valence-corrected chi connectivity index (χ1v) is 6.79. The first-order chi connectivity index (χ1) is 9.58. The van der Waals surface area contributed by atoms with Crippen LogP contribution >= 0.6 is 0 Å². The van der Waals surface area contributed by atoms with E-state index in [1.54, 1.807) is 10.9 Å². The lowest BCUT2D eigenvalue weighted by Crippen LogP contribution is -2.39. The Labute approximate surface area is 117 Å². The van der Waals surface area contributed by atoms with E-state index in [1.165, 1.54) is 0 Å². The van der Waals surface area contributed by atoms with Gasteiger partial charge in [-0.3, -0.25) is 9.48 Å². The highest BCUT2D eigenvalue weighted by Gasteiger charge is 2.32. The van der Waals surface area contributed by atoms with Gasteiger partial charge in [0.1, 0.15) is 0 Å². The molecule has 0 radical (unpaired) electrons. The number of aryl methyl sites for hydroxylation is 1. The van der Waals surface area contributed by atoms with Crippen LogP contribution < -0.4 is 10.6 Å². The second-order valence-electron chi connectivity index (χ2n) is 5.15. The molecule has 110 valence electrons. The molecule has 2 rings (SSSR count). The van der Waals surface area contributed by atoms with E-state index >= 15 is 0 Å². The number of carboxylic acid groups (broad SMARTS) is 1. The monoisotopic (exact) mass is 280 g/mol. The standard InChI is InChI=1S/C13H20N4O3/c1-17-10(5-6-16-17)8-15-13(20)14-7-9-3-2-4-11(9)12(18)19/h5-6,9,11H,2-4,7-8H2,1H3,(H,18,19)(H2,14,15,20). The summed E-state index contributed by atoms with van der Waals surface area (Å²) in [6.07, 6.45) is 4.15. The second kappa shape index (κ2) is 6.40. The van der Waals surface area contributed by atoms with Gasteiger partial charge < -0.3 is 15.7 Å². The molecular formula is C13H20N4O3. The first kappa shape index (κ1) is 14.4. The van der Waals surface area contributed by atoms with E-state index < -0.39 is 5.97 Å². The van der Waals surface area contributed by atoms with Crippen LogP contribution in [0.1, 0.15) is 25.0 Å². The maximum atomic E-state index is 11.7. The first-order valence-electron chi connectivity index (χ1n) is 6.79. The van der Waals surface area contributed by atoms with Crippen LogP contribution in [0.25, 0.3) is 0 Å². The molecule has 0 bridgehead atoms.